The fourth-order valence-corrected chi connectivity index (χ4v) is 1.97. The molecule has 3 nitrogen and oxygen atoms in total. The molecule has 0 radical (unpaired) electrons. The van der Waals surface area contributed by atoms with Gasteiger partial charge in [0.1, 0.15) is 0 Å². The standard InChI is InChI=1S/C12H17NO2S/c1-4-7-11-8-5-6-9-12(11)13-16(14,15)10(2)3/h4-6,8-10,13H,1,7H2,2-3H3. The molecule has 4 heteroatoms. The van der Waals surface area contributed by atoms with Crippen LogP contribution >= 0.6 is 0 Å². The van der Waals surface area contributed by atoms with E-state index < -0.39 is 15.3 Å². The largest absolute Gasteiger partial charge is 0.283 e. The van der Waals surface area contributed by atoms with E-state index in [0.717, 1.165) is 5.56 Å². The highest BCUT2D eigenvalue weighted by Crippen LogP contribution is 2.18. The van der Waals surface area contributed by atoms with E-state index in [0.29, 0.717) is 12.1 Å². The molecule has 0 atom stereocenters. The van der Waals surface area contributed by atoms with Gasteiger partial charge in [-0.3, -0.25) is 4.72 Å². The summed E-state index contributed by atoms with van der Waals surface area (Å²) in [5, 5.41) is -0.440. The molecular weight excluding hydrogens is 222 g/mol. The van der Waals surface area contributed by atoms with Gasteiger partial charge in [0.25, 0.3) is 0 Å². The number of para-hydroxylation sites is 1. The first-order valence-electron chi connectivity index (χ1n) is 5.18. The minimum atomic E-state index is -3.28. The Bertz CT molecular complexity index is 464. The zero-order valence-corrected chi connectivity index (χ0v) is 10.4. The van der Waals surface area contributed by atoms with Crippen molar-refractivity contribution in [1.82, 2.24) is 0 Å². The molecule has 0 saturated carbocycles. The van der Waals surface area contributed by atoms with E-state index >= 15 is 0 Å². The fraction of sp³-hybridized carbons (Fsp3) is 0.333. The molecule has 0 aliphatic carbocycles. The van der Waals surface area contributed by atoms with Gasteiger partial charge in [0.2, 0.25) is 10.0 Å². The summed E-state index contributed by atoms with van der Waals surface area (Å²) >= 11 is 0. The monoisotopic (exact) mass is 239 g/mol. The third-order valence-electron chi connectivity index (χ3n) is 2.25. The average molecular weight is 239 g/mol. The van der Waals surface area contributed by atoms with Crippen LogP contribution in [0.5, 0.6) is 0 Å². The van der Waals surface area contributed by atoms with Crippen molar-refractivity contribution >= 4 is 15.7 Å². The van der Waals surface area contributed by atoms with E-state index in [-0.39, 0.29) is 0 Å². The van der Waals surface area contributed by atoms with Crippen LogP contribution in [0.15, 0.2) is 36.9 Å². The summed E-state index contributed by atoms with van der Waals surface area (Å²) in [4.78, 5) is 0. The van der Waals surface area contributed by atoms with Crippen molar-refractivity contribution in [3.8, 4) is 0 Å². The van der Waals surface area contributed by atoms with Crippen molar-refractivity contribution in [2.24, 2.45) is 0 Å². The second-order valence-corrected chi connectivity index (χ2v) is 6.08. The maximum absolute atomic E-state index is 11.7. The van der Waals surface area contributed by atoms with Gasteiger partial charge in [-0.2, -0.15) is 0 Å². The SMILES string of the molecule is C=CCc1ccccc1NS(=O)(=O)C(C)C. The van der Waals surface area contributed by atoms with Crippen LogP contribution in [-0.4, -0.2) is 13.7 Å². The summed E-state index contributed by atoms with van der Waals surface area (Å²) in [7, 11) is -3.28. The topological polar surface area (TPSA) is 46.2 Å². The number of nitrogens with one attached hydrogen (secondary N) is 1. The lowest BCUT2D eigenvalue weighted by molar-refractivity contribution is 0.592. The van der Waals surface area contributed by atoms with Gasteiger partial charge in [0.15, 0.2) is 0 Å². The molecule has 1 aromatic rings. The van der Waals surface area contributed by atoms with Crippen molar-refractivity contribution in [3.05, 3.63) is 42.5 Å². The van der Waals surface area contributed by atoms with Gasteiger partial charge >= 0.3 is 0 Å². The molecule has 88 valence electrons. The van der Waals surface area contributed by atoms with Crippen molar-refractivity contribution in [1.29, 1.82) is 0 Å². The number of hydrogen-bond acceptors (Lipinski definition) is 2. The molecular formula is C12H17NO2S. The van der Waals surface area contributed by atoms with Crippen LogP contribution in [-0.2, 0) is 16.4 Å². The zero-order valence-electron chi connectivity index (χ0n) is 9.60. The quantitative estimate of drug-likeness (QED) is 0.803. The summed E-state index contributed by atoms with van der Waals surface area (Å²) in [6.07, 6.45) is 2.40. The number of hydrogen-bond donors (Lipinski definition) is 1. The van der Waals surface area contributed by atoms with E-state index in [1.165, 1.54) is 0 Å². The van der Waals surface area contributed by atoms with Gasteiger partial charge in [-0.15, -0.1) is 6.58 Å². The van der Waals surface area contributed by atoms with Crippen LogP contribution in [0.3, 0.4) is 0 Å². The molecule has 0 fully saturated rings. The lowest BCUT2D eigenvalue weighted by Crippen LogP contribution is -2.23. The molecule has 0 aromatic heterocycles. The van der Waals surface area contributed by atoms with Crippen LogP contribution in [0.25, 0.3) is 0 Å². The van der Waals surface area contributed by atoms with Crippen molar-refractivity contribution in [2.75, 3.05) is 4.72 Å². The Labute approximate surface area is 97.2 Å². The Balaban J connectivity index is 3.01. The van der Waals surface area contributed by atoms with Crippen LogP contribution in [0.4, 0.5) is 5.69 Å². The Kier molecular flexibility index (Phi) is 4.12. The molecule has 0 aliphatic rings. The van der Waals surface area contributed by atoms with Crippen LogP contribution in [0.2, 0.25) is 0 Å². The van der Waals surface area contributed by atoms with Crippen molar-refractivity contribution in [3.63, 3.8) is 0 Å². The van der Waals surface area contributed by atoms with Crippen LogP contribution < -0.4 is 4.72 Å². The second kappa shape index (κ2) is 5.16. The van der Waals surface area contributed by atoms with Gasteiger partial charge < -0.3 is 0 Å². The van der Waals surface area contributed by atoms with E-state index in [4.69, 9.17) is 0 Å². The van der Waals surface area contributed by atoms with Gasteiger partial charge in [-0.25, -0.2) is 8.42 Å². The summed E-state index contributed by atoms with van der Waals surface area (Å²) in [5.41, 5.74) is 1.57. The molecule has 0 saturated heterocycles. The number of allylic oxidation sites excluding steroid dienone is 1. The highest BCUT2D eigenvalue weighted by atomic mass is 32.2. The maximum Gasteiger partial charge on any atom is 0.235 e. The normalized spacial score (nSPS) is 11.4. The third kappa shape index (κ3) is 3.10. The molecule has 0 amide bonds. The first kappa shape index (κ1) is 12.8. The van der Waals surface area contributed by atoms with Gasteiger partial charge in [-0.05, 0) is 31.9 Å². The zero-order chi connectivity index (χ0) is 12.2. The third-order valence-corrected chi connectivity index (χ3v) is 4.00. The first-order valence-corrected chi connectivity index (χ1v) is 6.72. The van der Waals surface area contributed by atoms with Crippen molar-refractivity contribution in [2.45, 2.75) is 25.5 Å². The molecule has 0 unspecified atom stereocenters. The first-order chi connectivity index (χ1) is 7.47. The Hall–Kier alpha value is -1.29. The average Bonchev–Trinajstić information content (AvgIpc) is 2.20. The van der Waals surface area contributed by atoms with E-state index in [2.05, 4.69) is 11.3 Å². The highest BCUT2D eigenvalue weighted by molar-refractivity contribution is 7.93. The summed E-state index contributed by atoms with van der Waals surface area (Å²) in [5.74, 6) is 0. The van der Waals surface area contributed by atoms with Gasteiger partial charge in [0.05, 0.1) is 10.9 Å². The molecule has 0 spiro atoms. The minimum Gasteiger partial charge on any atom is -0.283 e. The van der Waals surface area contributed by atoms with Crippen molar-refractivity contribution < 1.29 is 8.42 Å². The molecule has 0 bridgehead atoms. The number of anilines is 1. The number of rotatable bonds is 5. The second-order valence-electron chi connectivity index (χ2n) is 3.85. The predicted molar refractivity (Wildman–Crippen MR) is 68.0 cm³/mol. The Morgan fingerprint density at radius 2 is 2.00 bits per heavy atom. The van der Waals surface area contributed by atoms with Crippen LogP contribution in [0, 0.1) is 0 Å². The molecule has 1 rings (SSSR count). The number of sulfonamides is 1. The number of benzene rings is 1. The maximum atomic E-state index is 11.7. The Morgan fingerprint density at radius 3 is 2.56 bits per heavy atom. The van der Waals surface area contributed by atoms with Gasteiger partial charge in [-0.1, -0.05) is 24.3 Å². The van der Waals surface area contributed by atoms with E-state index in [1.54, 1.807) is 26.0 Å². The highest BCUT2D eigenvalue weighted by Gasteiger charge is 2.16. The van der Waals surface area contributed by atoms with Gasteiger partial charge in [0, 0.05) is 0 Å². The molecule has 16 heavy (non-hydrogen) atoms. The molecule has 1 aromatic carbocycles. The Morgan fingerprint density at radius 1 is 1.38 bits per heavy atom. The van der Waals surface area contributed by atoms with E-state index in [9.17, 15) is 8.42 Å². The lowest BCUT2D eigenvalue weighted by Gasteiger charge is -2.13. The minimum absolute atomic E-state index is 0.440. The fourth-order valence-electron chi connectivity index (χ4n) is 1.22. The lowest BCUT2D eigenvalue weighted by atomic mass is 10.1. The summed E-state index contributed by atoms with van der Waals surface area (Å²) < 4.78 is 26.0. The molecule has 0 aliphatic heterocycles. The van der Waals surface area contributed by atoms with E-state index in [1.807, 2.05) is 18.2 Å². The smallest absolute Gasteiger partial charge is 0.235 e. The van der Waals surface area contributed by atoms with Crippen LogP contribution in [0.1, 0.15) is 19.4 Å². The molecule has 0 heterocycles. The summed E-state index contributed by atoms with van der Waals surface area (Å²) in [6, 6.07) is 7.34. The predicted octanol–water partition coefficient (Wildman–Crippen LogP) is 2.57. The molecule has 1 N–H and O–H groups in total. The summed E-state index contributed by atoms with van der Waals surface area (Å²) in [6.45, 7) is 6.95.